The molecule has 5 nitrogen and oxygen atoms in total. The SMILES string of the molecule is O=C(O)C1C=CC(N2CCNC2=O)C1. The van der Waals surface area contributed by atoms with Gasteiger partial charge < -0.3 is 15.3 Å². The first-order valence-electron chi connectivity index (χ1n) is 4.64. The van der Waals surface area contributed by atoms with Gasteiger partial charge in [-0.15, -0.1) is 0 Å². The number of carbonyl (C=O) groups is 2. The Morgan fingerprint density at radius 3 is 2.86 bits per heavy atom. The van der Waals surface area contributed by atoms with Gasteiger partial charge >= 0.3 is 12.0 Å². The van der Waals surface area contributed by atoms with Crippen molar-refractivity contribution in [3.8, 4) is 0 Å². The van der Waals surface area contributed by atoms with Crippen LogP contribution in [0.4, 0.5) is 4.79 Å². The van der Waals surface area contributed by atoms with Gasteiger partial charge in [-0.2, -0.15) is 0 Å². The van der Waals surface area contributed by atoms with Gasteiger partial charge in [0.05, 0.1) is 12.0 Å². The fourth-order valence-electron chi connectivity index (χ4n) is 1.90. The van der Waals surface area contributed by atoms with E-state index in [0.29, 0.717) is 19.5 Å². The number of hydrogen-bond donors (Lipinski definition) is 2. The van der Waals surface area contributed by atoms with Crippen LogP contribution in [0, 0.1) is 5.92 Å². The highest BCUT2D eigenvalue weighted by molar-refractivity contribution is 5.78. The van der Waals surface area contributed by atoms with Crippen LogP contribution in [-0.4, -0.2) is 41.1 Å². The number of nitrogens with one attached hydrogen (secondary N) is 1. The van der Waals surface area contributed by atoms with E-state index in [2.05, 4.69) is 5.32 Å². The zero-order valence-electron chi connectivity index (χ0n) is 7.64. The molecular weight excluding hydrogens is 184 g/mol. The Hall–Kier alpha value is -1.52. The molecule has 0 aromatic heterocycles. The Bertz CT molecular complexity index is 300. The Labute approximate surface area is 81.4 Å². The summed E-state index contributed by atoms with van der Waals surface area (Å²) in [5, 5.41) is 11.5. The molecular formula is C9H12N2O3. The molecule has 0 spiro atoms. The number of urea groups is 1. The number of amides is 2. The van der Waals surface area contributed by atoms with Gasteiger partial charge in [-0.3, -0.25) is 4.79 Å². The Kier molecular flexibility index (Phi) is 2.15. The van der Waals surface area contributed by atoms with E-state index in [1.54, 1.807) is 11.0 Å². The summed E-state index contributed by atoms with van der Waals surface area (Å²) in [6, 6.07) is -0.135. The maximum Gasteiger partial charge on any atom is 0.318 e. The van der Waals surface area contributed by atoms with Gasteiger partial charge in [-0.05, 0) is 6.42 Å². The van der Waals surface area contributed by atoms with Crippen molar-refractivity contribution < 1.29 is 14.7 Å². The number of hydrogen-bond acceptors (Lipinski definition) is 2. The number of carbonyl (C=O) groups excluding carboxylic acids is 1. The molecule has 1 aliphatic heterocycles. The minimum absolute atomic E-state index is 0.0430. The second kappa shape index (κ2) is 3.32. The van der Waals surface area contributed by atoms with E-state index >= 15 is 0 Å². The lowest BCUT2D eigenvalue weighted by Crippen LogP contribution is -2.36. The fraction of sp³-hybridized carbons (Fsp3) is 0.556. The monoisotopic (exact) mass is 196 g/mol. The highest BCUT2D eigenvalue weighted by atomic mass is 16.4. The van der Waals surface area contributed by atoms with Crippen molar-refractivity contribution in [2.24, 2.45) is 5.92 Å². The van der Waals surface area contributed by atoms with Crippen molar-refractivity contribution >= 4 is 12.0 Å². The lowest BCUT2D eigenvalue weighted by molar-refractivity contribution is -0.140. The summed E-state index contributed by atoms with van der Waals surface area (Å²) >= 11 is 0. The highest BCUT2D eigenvalue weighted by Gasteiger charge is 2.32. The topological polar surface area (TPSA) is 69.6 Å². The van der Waals surface area contributed by atoms with Gasteiger partial charge in [0.1, 0.15) is 0 Å². The van der Waals surface area contributed by atoms with Crippen molar-refractivity contribution in [2.75, 3.05) is 13.1 Å². The van der Waals surface area contributed by atoms with Crippen LogP contribution in [0.3, 0.4) is 0 Å². The molecule has 0 radical (unpaired) electrons. The maximum absolute atomic E-state index is 11.3. The lowest BCUT2D eigenvalue weighted by atomic mass is 10.1. The highest BCUT2D eigenvalue weighted by Crippen LogP contribution is 2.23. The molecule has 0 aromatic rings. The van der Waals surface area contributed by atoms with E-state index in [9.17, 15) is 9.59 Å². The van der Waals surface area contributed by atoms with Gasteiger partial charge in [-0.1, -0.05) is 12.2 Å². The minimum Gasteiger partial charge on any atom is -0.481 e. The molecule has 0 bridgehead atoms. The zero-order valence-corrected chi connectivity index (χ0v) is 7.64. The van der Waals surface area contributed by atoms with Crippen LogP contribution in [0.1, 0.15) is 6.42 Å². The largest absolute Gasteiger partial charge is 0.481 e. The molecule has 2 N–H and O–H groups in total. The zero-order chi connectivity index (χ0) is 10.1. The summed E-state index contributed by atoms with van der Waals surface area (Å²) < 4.78 is 0. The molecule has 0 saturated carbocycles. The van der Waals surface area contributed by atoms with E-state index in [4.69, 9.17) is 5.11 Å². The number of carboxylic acids is 1. The number of aliphatic carboxylic acids is 1. The first kappa shape index (κ1) is 9.05. The molecule has 1 saturated heterocycles. The van der Waals surface area contributed by atoms with Gasteiger partial charge in [0.15, 0.2) is 0 Å². The smallest absolute Gasteiger partial charge is 0.318 e. The molecule has 5 heteroatoms. The molecule has 1 aliphatic carbocycles. The summed E-state index contributed by atoms with van der Waals surface area (Å²) in [6.07, 6.45) is 3.98. The molecule has 0 aromatic carbocycles. The second-order valence-electron chi connectivity index (χ2n) is 3.56. The van der Waals surface area contributed by atoms with Gasteiger partial charge in [-0.25, -0.2) is 4.79 Å². The van der Waals surface area contributed by atoms with Crippen molar-refractivity contribution in [1.29, 1.82) is 0 Å². The normalized spacial score (nSPS) is 30.9. The molecule has 1 heterocycles. The maximum atomic E-state index is 11.3. The average molecular weight is 196 g/mol. The first-order valence-corrected chi connectivity index (χ1v) is 4.64. The van der Waals surface area contributed by atoms with Gasteiger partial charge in [0, 0.05) is 13.1 Å². The van der Waals surface area contributed by atoms with Crippen LogP contribution < -0.4 is 5.32 Å². The summed E-state index contributed by atoms with van der Waals surface area (Å²) in [6.45, 7) is 1.32. The van der Waals surface area contributed by atoms with Crippen molar-refractivity contribution in [1.82, 2.24) is 10.2 Å². The summed E-state index contributed by atoms with van der Waals surface area (Å²) in [7, 11) is 0. The van der Waals surface area contributed by atoms with Crippen molar-refractivity contribution in [3.05, 3.63) is 12.2 Å². The van der Waals surface area contributed by atoms with E-state index in [1.807, 2.05) is 6.08 Å². The van der Waals surface area contributed by atoms with Crippen molar-refractivity contribution in [3.63, 3.8) is 0 Å². The van der Waals surface area contributed by atoms with Crippen molar-refractivity contribution in [2.45, 2.75) is 12.5 Å². The lowest BCUT2D eigenvalue weighted by Gasteiger charge is -2.21. The fourth-order valence-corrected chi connectivity index (χ4v) is 1.90. The summed E-state index contributed by atoms with van der Waals surface area (Å²) in [5.74, 6) is -1.25. The summed E-state index contributed by atoms with van der Waals surface area (Å²) in [5.41, 5.74) is 0. The minimum atomic E-state index is -0.816. The first-order chi connectivity index (χ1) is 6.68. The average Bonchev–Trinajstić information content (AvgIpc) is 2.71. The second-order valence-corrected chi connectivity index (χ2v) is 3.56. The molecule has 2 aliphatic rings. The van der Waals surface area contributed by atoms with Crippen LogP contribution in [0.15, 0.2) is 12.2 Å². The van der Waals surface area contributed by atoms with Crippen LogP contribution in [0.25, 0.3) is 0 Å². The molecule has 2 rings (SSSR count). The number of nitrogens with zero attached hydrogens (tertiary/aromatic N) is 1. The molecule has 76 valence electrons. The van der Waals surface area contributed by atoms with Crippen LogP contribution in [-0.2, 0) is 4.79 Å². The van der Waals surface area contributed by atoms with E-state index in [-0.39, 0.29) is 12.1 Å². The van der Waals surface area contributed by atoms with Crippen LogP contribution >= 0.6 is 0 Å². The predicted octanol–water partition coefficient (Wildman–Crippen LogP) is 0.0409. The van der Waals surface area contributed by atoms with E-state index in [0.717, 1.165) is 0 Å². The molecule has 2 unspecified atom stereocenters. The van der Waals surface area contributed by atoms with E-state index < -0.39 is 11.9 Å². The third-order valence-electron chi connectivity index (χ3n) is 2.67. The molecule has 14 heavy (non-hydrogen) atoms. The number of carboxylic acid groups (broad SMARTS) is 1. The third-order valence-corrected chi connectivity index (χ3v) is 2.67. The Morgan fingerprint density at radius 2 is 2.36 bits per heavy atom. The Balaban J connectivity index is 1.99. The van der Waals surface area contributed by atoms with E-state index in [1.165, 1.54) is 0 Å². The number of rotatable bonds is 2. The van der Waals surface area contributed by atoms with Crippen LogP contribution in [0.2, 0.25) is 0 Å². The quantitative estimate of drug-likeness (QED) is 0.613. The van der Waals surface area contributed by atoms with Crippen LogP contribution in [0.5, 0.6) is 0 Å². The Morgan fingerprint density at radius 1 is 1.57 bits per heavy atom. The standard InChI is InChI=1S/C9H12N2O3/c12-8(13)6-1-2-7(5-6)11-4-3-10-9(11)14/h1-2,6-7H,3-5H2,(H,10,14)(H,12,13). The predicted molar refractivity (Wildman–Crippen MR) is 48.8 cm³/mol. The van der Waals surface area contributed by atoms with Gasteiger partial charge in [0.25, 0.3) is 0 Å². The molecule has 2 amide bonds. The van der Waals surface area contributed by atoms with Gasteiger partial charge in [0.2, 0.25) is 0 Å². The molecule has 1 fully saturated rings. The summed E-state index contributed by atoms with van der Waals surface area (Å²) in [4.78, 5) is 23.6. The third kappa shape index (κ3) is 1.45. The molecule has 2 atom stereocenters.